The molecule has 0 spiro atoms. The van der Waals surface area contributed by atoms with E-state index in [-0.39, 0.29) is 11.7 Å². The predicted molar refractivity (Wildman–Crippen MR) is 89.0 cm³/mol. The first-order chi connectivity index (χ1) is 11.0. The number of hydrogen-bond donors (Lipinski definition) is 1. The summed E-state index contributed by atoms with van der Waals surface area (Å²) >= 11 is 0. The van der Waals surface area contributed by atoms with Gasteiger partial charge in [0.2, 0.25) is 5.91 Å². The SMILES string of the molecule is CC1CCCCC1NC(=O)CN(C)CCOc1ccc(F)cc1. The fraction of sp³-hybridized carbons (Fsp3) is 0.611. The first-order valence-electron chi connectivity index (χ1n) is 8.41. The van der Waals surface area contributed by atoms with Crippen molar-refractivity contribution in [3.63, 3.8) is 0 Å². The van der Waals surface area contributed by atoms with Crippen LogP contribution in [0.1, 0.15) is 32.6 Å². The van der Waals surface area contributed by atoms with Crippen molar-refractivity contribution in [3.05, 3.63) is 30.1 Å². The highest BCUT2D eigenvalue weighted by atomic mass is 19.1. The maximum absolute atomic E-state index is 12.8. The second-order valence-corrected chi connectivity index (χ2v) is 6.48. The second-order valence-electron chi connectivity index (χ2n) is 6.48. The summed E-state index contributed by atoms with van der Waals surface area (Å²) < 4.78 is 18.3. The molecule has 1 fully saturated rings. The Morgan fingerprint density at radius 3 is 2.70 bits per heavy atom. The predicted octanol–water partition coefficient (Wildman–Crippen LogP) is 2.83. The molecule has 0 bridgehead atoms. The molecule has 0 aliphatic heterocycles. The lowest BCUT2D eigenvalue weighted by Crippen LogP contribution is -2.45. The Balaban J connectivity index is 1.64. The molecule has 4 nitrogen and oxygen atoms in total. The molecule has 2 atom stereocenters. The molecule has 1 amide bonds. The van der Waals surface area contributed by atoms with Gasteiger partial charge in [0, 0.05) is 12.6 Å². The molecule has 128 valence electrons. The van der Waals surface area contributed by atoms with Crippen LogP contribution in [-0.2, 0) is 4.79 Å². The van der Waals surface area contributed by atoms with Gasteiger partial charge in [-0.05, 0) is 50.1 Å². The van der Waals surface area contributed by atoms with Gasteiger partial charge in [-0.15, -0.1) is 0 Å². The Morgan fingerprint density at radius 1 is 1.30 bits per heavy atom. The first-order valence-corrected chi connectivity index (χ1v) is 8.41. The van der Waals surface area contributed by atoms with E-state index in [0.29, 0.717) is 37.4 Å². The molecule has 23 heavy (non-hydrogen) atoms. The van der Waals surface area contributed by atoms with E-state index in [1.165, 1.54) is 31.4 Å². The quantitative estimate of drug-likeness (QED) is 0.839. The van der Waals surface area contributed by atoms with E-state index in [4.69, 9.17) is 4.74 Å². The molecular weight excluding hydrogens is 295 g/mol. The van der Waals surface area contributed by atoms with Gasteiger partial charge in [0.1, 0.15) is 18.2 Å². The number of halogens is 1. The van der Waals surface area contributed by atoms with Crippen LogP contribution in [-0.4, -0.2) is 43.6 Å². The largest absolute Gasteiger partial charge is 0.492 e. The lowest BCUT2D eigenvalue weighted by molar-refractivity contribution is -0.123. The van der Waals surface area contributed by atoms with Crippen LogP contribution in [0.2, 0.25) is 0 Å². The number of hydrogen-bond acceptors (Lipinski definition) is 3. The summed E-state index contributed by atoms with van der Waals surface area (Å²) in [5, 5.41) is 3.15. The van der Waals surface area contributed by atoms with E-state index in [1.807, 2.05) is 11.9 Å². The van der Waals surface area contributed by atoms with Crippen LogP contribution >= 0.6 is 0 Å². The molecule has 0 aromatic heterocycles. The molecule has 1 aliphatic rings. The smallest absolute Gasteiger partial charge is 0.234 e. The summed E-state index contributed by atoms with van der Waals surface area (Å²) in [5.74, 6) is 1.01. The van der Waals surface area contributed by atoms with E-state index in [0.717, 1.165) is 6.42 Å². The highest BCUT2D eigenvalue weighted by Gasteiger charge is 2.22. The molecule has 1 aromatic rings. The maximum Gasteiger partial charge on any atom is 0.234 e. The van der Waals surface area contributed by atoms with Crippen molar-refractivity contribution < 1.29 is 13.9 Å². The third-order valence-electron chi connectivity index (χ3n) is 4.43. The molecule has 0 heterocycles. The number of carbonyl (C=O) groups excluding carboxylic acids is 1. The number of benzene rings is 1. The van der Waals surface area contributed by atoms with Crippen molar-refractivity contribution in [2.24, 2.45) is 5.92 Å². The lowest BCUT2D eigenvalue weighted by Gasteiger charge is -2.30. The van der Waals surface area contributed by atoms with Crippen LogP contribution in [0.25, 0.3) is 0 Å². The number of carbonyl (C=O) groups is 1. The van der Waals surface area contributed by atoms with Gasteiger partial charge in [0.15, 0.2) is 0 Å². The molecular formula is C18H27FN2O2. The molecule has 2 unspecified atom stereocenters. The van der Waals surface area contributed by atoms with Crippen molar-refractivity contribution in [1.82, 2.24) is 10.2 Å². The number of nitrogens with one attached hydrogen (secondary N) is 1. The summed E-state index contributed by atoms with van der Waals surface area (Å²) in [4.78, 5) is 14.0. The van der Waals surface area contributed by atoms with Gasteiger partial charge in [0.05, 0.1) is 6.54 Å². The zero-order valence-electron chi connectivity index (χ0n) is 14.1. The topological polar surface area (TPSA) is 41.6 Å². The molecule has 0 saturated heterocycles. The summed E-state index contributed by atoms with van der Waals surface area (Å²) in [6.45, 7) is 3.70. The molecule has 2 rings (SSSR count). The first kappa shape index (κ1) is 17.7. The minimum absolute atomic E-state index is 0.0769. The van der Waals surface area contributed by atoms with Gasteiger partial charge in [-0.1, -0.05) is 19.8 Å². The Morgan fingerprint density at radius 2 is 2.00 bits per heavy atom. The average Bonchev–Trinajstić information content (AvgIpc) is 2.51. The van der Waals surface area contributed by atoms with Gasteiger partial charge in [-0.25, -0.2) is 4.39 Å². The molecule has 1 saturated carbocycles. The fourth-order valence-electron chi connectivity index (χ4n) is 2.96. The highest BCUT2D eigenvalue weighted by Crippen LogP contribution is 2.23. The van der Waals surface area contributed by atoms with Crippen LogP contribution in [0.4, 0.5) is 4.39 Å². The minimum Gasteiger partial charge on any atom is -0.492 e. The van der Waals surface area contributed by atoms with Gasteiger partial charge in [0.25, 0.3) is 0 Å². The standard InChI is InChI=1S/C18H27FN2O2/c1-14-5-3-4-6-17(14)20-18(22)13-21(2)11-12-23-16-9-7-15(19)8-10-16/h7-10,14,17H,3-6,11-13H2,1-2H3,(H,20,22). The normalized spacial score (nSPS) is 21.2. The molecule has 5 heteroatoms. The van der Waals surface area contributed by atoms with E-state index >= 15 is 0 Å². The summed E-state index contributed by atoms with van der Waals surface area (Å²) in [7, 11) is 1.90. The van der Waals surface area contributed by atoms with E-state index in [9.17, 15) is 9.18 Å². The van der Waals surface area contributed by atoms with Crippen molar-refractivity contribution in [1.29, 1.82) is 0 Å². The van der Waals surface area contributed by atoms with Crippen LogP contribution in [0.15, 0.2) is 24.3 Å². The van der Waals surface area contributed by atoms with Gasteiger partial charge in [-0.3, -0.25) is 9.69 Å². The Kier molecular flexibility index (Phi) is 6.84. The Bertz CT molecular complexity index is 492. The highest BCUT2D eigenvalue weighted by molar-refractivity contribution is 5.78. The van der Waals surface area contributed by atoms with Crippen LogP contribution in [0, 0.1) is 11.7 Å². The van der Waals surface area contributed by atoms with Crippen molar-refractivity contribution in [3.8, 4) is 5.75 Å². The van der Waals surface area contributed by atoms with Crippen LogP contribution in [0.3, 0.4) is 0 Å². The van der Waals surface area contributed by atoms with Gasteiger partial charge in [-0.2, -0.15) is 0 Å². The number of amides is 1. The maximum atomic E-state index is 12.8. The summed E-state index contributed by atoms with van der Waals surface area (Å²) in [5.41, 5.74) is 0. The summed E-state index contributed by atoms with van der Waals surface area (Å²) in [6.07, 6.45) is 4.77. The molecule has 1 N–H and O–H groups in total. The zero-order valence-corrected chi connectivity index (χ0v) is 14.1. The Hall–Kier alpha value is -1.62. The third-order valence-corrected chi connectivity index (χ3v) is 4.43. The average molecular weight is 322 g/mol. The lowest BCUT2D eigenvalue weighted by atomic mass is 9.86. The third kappa shape index (κ3) is 6.18. The molecule has 1 aromatic carbocycles. The van der Waals surface area contributed by atoms with E-state index in [1.54, 1.807) is 12.1 Å². The monoisotopic (exact) mass is 322 g/mol. The van der Waals surface area contributed by atoms with Gasteiger partial charge >= 0.3 is 0 Å². The molecule has 1 aliphatic carbocycles. The number of rotatable bonds is 7. The van der Waals surface area contributed by atoms with E-state index < -0.39 is 0 Å². The van der Waals surface area contributed by atoms with Crippen LogP contribution in [0.5, 0.6) is 5.75 Å². The second kappa shape index (κ2) is 8.87. The van der Waals surface area contributed by atoms with Crippen molar-refractivity contribution in [2.45, 2.75) is 38.6 Å². The molecule has 0 radical (unpaired) electrons. The number of likely N-dealkylation sites (N-methyl/N-ethyl adjacent to an activating group) is 1. The zero-order chi connectivity index (χ0) is 16.7. The fourth-order valence-corrected chi connectivity index (χ4v) is 2.96. The van der Waals surface area contributed by atoms with Crippen molar-refractivity contribution >= 4 is 5.91 Å². The summed E-state index contributed by atoms with van der Waals surface area (Å²) in [6, 6.07) is 6.27. The van der Waals surface area contributed by atoms with Gasteiger partial charge < -0.3 is 10.1 Å². The van der Waals surface area contributed by atoms with Crippen molar-refractivity contribution in [2.75, 3.05) is 26.7 Å². The number of ether oxygens (including phenoxy) is 1. The minimum atomic E-state index is -0.275. The Labute approximate surface area is 138 Å². The van der Waals surface area contributed by atoms with E-state index in [2.05, 4.69) is 12.2 Å². The van der Waals surface area contributed by atoms with Crippen LogP contribution < -0.4 is 10.1 Å². The number of nitrogens with zero attached hydrogens (tertiary/aromatic N) is 1.